The summed E-state index contributed by atoms with van der Waals surface area (Å²) in [6, 6.07) is 14.4. The number of pyridine rings is 1. The number of halogens is 2. The molecule has 8 nitrogen and oxygen atoms in total. The second kappa shape index (κ2) is 10.3. The van der Waals surface area contributed by atoms with Gasteiger partial charge in [0.25, 0.3) is 10.0 Å². The van der Waals surface area contributed by atoms with Crippen LogP contribution < -0.4 is 10.1 Å². The summed E-state index contributed by atoms with van der Waals surface area (Å²) in [5, 5.41) is 8.41. The highest BCUT2D eigenvalue weighted by molar-refractivity contribution is 7.90. The molecule has 0 amide bonds. The molecule has 40 heavy (non-hydrogen) atoms. The molecule has 0 aliphatic carbocycles. The van der Waals surface area contributed by atoms with Gasteiger partial charge in [0.05, 0.1) is 23.6 Å². The molecule has 11 heteroatoms. The van der Waals surface area contributed by atoms with E-state index in [0.29, 0.717) is 33.5 Å². The Labute approximate surface area is 236 Å². The van der Waals surface area contributed by atoms with Crippen molar-refractivity contribution in [1.29, 1.82) is 0 Å². The molecule has 0 bridgehead atoms. The van der Waals surface area contributed by atoms with E-state index >= 15 is 0 Å². The first kappa shape index (κ1) is 26.5. The average molecular weight is 580 g/mol. The Hall–Kier alpha value is -3.73. The van der Waals surface area contributed by atoms with Gasteiger partial charge in [-0.15, -0.1) is 5.10 Å². The minimum atomic E-state index is -4.13. The van der Waals surface area contributed by atoms with Crippen molar-refractivity contribution >= 4 is 32.7 Å². The van der Waals surface area contributed by atoms with Crippen molar-refractivity contribution in [2.45, 2.75) is 30.7 Å². The lowest BCUT2D eigenvalue weighted by atomic mass is 10.0. The Morgan fingerprint density at radius 2 is 1.82 bits per heavy atom. The van der Waals surface area contributed by atoms with E-state index in [1.807, 2.05) is 23.9 Å². The van der Waals surface area contributed by atoms with Gasteiger partial charge in [-0.05, 0) is 68.8 Å². The van der Waals surface area contributed by atoms with E-state index in [-0.39, 0.29) is 21.7 Å². The average Bonchev–Trinajstić information content (AvgIpc) is 3.52. The molecule has 0 saturated carbocycles. The highest BCUT2D eigenvalue weighted by atomic mass is 35.5. The normalized spacial score (nSPS) is 14.6. The lowest BCUT2D eigenvalue weighted by Gasteiger charge is -2.22. The molecule has 2 aromatic carbocycles. The number of benzene rings is 2. The zero-order chi connectivity index (χ0) is 28.0. The molecular weight excluding hydrogens is 553 g/mol. The van der Waals surface area contributed by atoms with E-state index in [0.717, 1.165) is 35.5 Å². The fourth-order valence-electron chi connectivity index (χ4n) is 5.19. The minimum Gasteiger partial charge on any atom is -0.479 e. The standard InChI is InChI=1S/C29H27ClFN5O3S/c1-18-6-8-23(9-7-18)40(37,38)36-27(30)26(19-4-3-5-21(31)14-19)24-15-20(16-33-28(24)36)25-17-35(34-29(25)39-2)22-10-12-32-13-11-22/h3-9,14-17,22,32H,10-13H2,1-2H3. The predicted octanol–water partition coefficient (Wildman–Crippen LogP) is 5.84. The molecule has 0 atom stereocenters. The van der Waals surface area contributed by atoms with Crippen molar-refractivity contribution in [1.82, 2.24) is 24.1 Å². The van der Waals surface area contributed by atoms with E-state index in [1.54, 1.807) is 37.6 Å². The van der Waals surface area contributed by atoms with Gasteiger partial charge in [0.15, 0.2) is 5.65 Å². The first-order chi connectivity index (χ1) is 19.3. The summed E-state index contributed by atoms with van der Waals surface area (Å²) < 4.78 is 50.6. The Kier molecular flexibility index (Phi) is 6.85. The van der Waals surface area contributed by atoms with Crippen molar-refractivity contribution in [2.75, 3.05) is 20.2 Å². The van der Waals surface area contributed by atoms with Crippen LogP contribution in [0.5, 0.6) is 5.88 Å². The first-order valence-corrected chi connectivity index (χ1v) is 14.7. The zero-order valence-electron chi connectivity index (χ0n) is 21.9. The molecule has 0 radical (unpaired) electrons. The van der Waals surface area contributed by atoms with Crippen LogP contribution in [0.4, 0.5) is 4.39 Å². The van der Waals surface area contributed by atoms with Crippen molar-refractivity contribution in [3.63, 3.8) is 0 Å². The number of aromatic nitrogens is 4. The van der Waals surface area contributed by atoms with Crippen molar-refractivity contribution in [3.05, 3.63) is 83.5 Å². The van der Waals surface area contributed by atoms with Crippen LogP contribution in [0.1, 0.15) is 24.4 Å². The number of nitrogens with one attached hydrogen (secondary N) is 1. The third-order valence-corrected chi connectivity index (χ3v) is 9.43. The number of methoxy groups -OCH3 is 1. The third-order valence-electron chi connectivity index (χ3n) is 7.27. The second-order valence-electron chi connectivity index (χ2n) is 9.87. The second-order valence-corrected chi connectivity index (χ2v) is 12.0. The predicted molar refractivity (Wildman–Crippen MR) is 153 cm³/mol. The van der Waals surface area contributed by atoms with Crippen LogP contribution in [-0.4, -0.2) is 47.4 Å². The van der Waals surface area contributed by atoms with Gasteiger partial charge in [-0.25, -0.2) is 21.8 Å². The summed E-state index contributed by atoms with van der Waals surface area (Å²) in [5.41, 5.74) is 3.24. The molecule has 6 rings (SSSR count). The molecule has 5 aromatic rings. The number of fused-ring (bicyclic) bond motifs is 1. The van der Waals surface area contributed by atoms with Crippen molar-refractivity contribution < 1.29 is 17.5 Å². The van der Waals surface area contributed by atoms with Crippen molar-refractivity contribution in [2.24, 2.45) is 0 Å². The third kappa shape index (κ3) is 4.55. The quantitative estimate of drug-likeness (QED) is 0.272. The number of nitrogens with zero attached hydrogens (tertiary/aromatic N) is 4. The Bertz CT molecular complexity index is 1830. The van der Waals surface area contributed by atoms with Gasteiger partial charge in [-0.1, -0.05) is 41.4 Å². The number of hydrogen-bond acceptors (Lipinski definition) is 6. The van der Waals surface area contributed by atoms with Gasteiger partial charge >= 0.3 is 0 Å². The maximum atomic E-state index is 14.3. The van der Waals surface area contributed by atoms with Crippen LogP contribution in [-0.2, 0) is 10.0 Å². The minimum absolute atomic E-state index is 0.0680. The van der Waals surface area contributed by atoms with Gasteiger partial charge in [-0.2, -0.15) is 0 Å². The molecule has 1 N–H and O–H groups in total. The molecule has 4 heterocycles. The lowest BCUT2D eigenvalue weighted by Crippen LogP contribution is -2.29. The zero-order valence-corrected chi connectivity index (χ0v) is 23.5. The number of hydrogen-bond donors (Lipinski definition) is 1. The van der Waals surface area contributed by atoms with Crippen LogP contribution in [0.3, 0.4) is 0 Å². The molecule has 1 saturated heterocycles. The summed E-state index contributed by atoms with van der Waals surface area (Å²) in [6.45, 7) is 3.70. The molecule has 1 aliphatic heterocycles. The number of piperidine rings is 1. The first-order valence-electron chi connectivity index (χ1n) is 12.9. The fraction of sp³-hybridized carbons (Fsp3) is 0.241. The fourth-order valence-corrected chi connectivity index (χ4v) is 7.12. The summed E-state index contributed by atoms with van der Waals surface area (Å²) >= 11 is 6.84. The molecule has 0 unspecified atom stereocenters. The van der Waals surface area contributed by atoms with Crippen LogP contribution >= 0.6 is 11.6 Å². The van der Waals surface area contributed by atoms with Gasteiger partial charge in [-0.3, -0.25) is 4.68 Å². The number of rotatable bonds is 6. The Balaban J connectivity index is 1.57. The van der Waals surface area contributed by atoms with E-state index in [1.165, 1.54) is 24.3 Å². The topological polar surface area (TPSA) is 91.0 Å². The molecule has 1 fully saturated rings. The Morgan fingerprint density at radius 1 is 1.07 bits per heavy atom. The molecular formula is C29H27ClFN5O3S. The maximum Gasteiger partial charge on any atom is 0.270 e. The molecule has 206 valence electrons. The van der Waals surface area contributed by atoms with E-state index in [2.05, 4.69) is 15.4 Å². The molecule has 3 aromatic heterocycles. The Morgan fingerprint density at radius 3 is 2.52 bits per heavy atom. The largest absolute Gasteiger partial charge is 0.479 e. The highest BCUT2D eigenvalue weighted by Gasteiger charge is 2.29. The maximum absolute atomic E-state index is 14.3. The number of aryl methyl sites for hydroxylation is 1. The number of ether oxygens (including phenoxy) is 1. The van der Waals surface area contributed by atoms with Gasteiger partial charge < -0.3 is 10.1 Å². The monoisotopic (exact) mass is 579 g/mol. The summed E-state index contributed by atoms with van der Waals surface area (Å²) in [6.07, 6.45) is 5.41. The lowest BCUT2D eigenvalue weighted by molar-refractivity contribution is 0.327. The van der Waals surface area contributed by atoms with Crippen LogP contribution in [0, 0.1) is 12.7 Å². The van der Waals surface area contributed by atoms with Crippen LogP contribution in [0.2, 0.25) is 5.15 Å². The van der Waals surface area contributed by atoms with Crippen LogP contribution in [0.15, 0.2) is 71.9 Å². The van der Waals surface area contributed by atoms with Gasteiger partial charge in [0.1, 0.15) is 11.0 Å². The van der Waals surface area contributed by atoms with E-state index in [4.69, 9.17) is 16.3 Å². The molecule has 1 aliphatic rings. The summed E-state index contributed by atoms with van der Waals surface area (Å²) in [5.74, 6) is -0.0327. The van der Waals surface area contributed by atoms with Crippen LogP contribution in [0.25, 0.3) is 33.3 Å². The summed E-state index contributed by atoms with van der Waals surface area (Å²) in [7, 11) is -2.57. The van der Waals surface area contributed by atoms with E-state index in [9.17, 15) is 12.8 Å². The van der Waals surface area contributed by atoms with E-state index < -0.39 is 15.8 Å². The molecule has 0 spiro atoms. The smallest absolute Gasteiger partial charge is 0.270 e. The van der Waals surface area contributed by atoms with Crippen molar-refractivity contribution in [3.8, 4) is 28.1 Å². The van der Waals surface area contributed by atoms with Gasteiger partial charge in [0, 0.05) is 28.9 Å². The summed E-state index contributed by atoms with van der Waals surface area (Å²) in [4.78, 5) is 4.66. The SMILES string of the molecule is COc1nn(C2CCNCC2)cc1-c1cnc2c(c1)c(-c1cccc(F)c1)c(Cl)n2S(=O)(=O)c1ccc(C)cc1. The van der Waals surface area contributed by atoms with Gasteiger partial charge in [0.2, 0.25) is 5.88 Å². The highest BCUT2D eigenvalue weighted by Crippen LogP contribution is 2.42.